The molecule has 0 atom stereocenters. The van der Waals surface area contributed by atoms with E-state index in [0.717, 1.165) is 61.4 Å². The number of hydrogen-bond acceptors (Lipinski definition) is 7. The predicted molar refractivity (Wildman–Crippen MR) is 196 cm³/mol. The van der Waals surface area contributed by atoms with E-state index in [1.165, 1.54) is 0 Å². The molecular weight excluding hydrogens is 797 g/mol. The Bertz CT molecular complexity index is 2340. The van der Waals surface area contributed by atoms with Crippen LogP contribution in [-0.2, 0) is 30.9 Å². The quantitative estimate of drug-likeness (QED) is 0.164. The van der Waals surface area contributed by atoms with Gasteiger partial charge in [0.2, 0.25) is 5.71 Å². The first kappa shape index (κ1) is 34.7. The molecule has 0 aliphatic rings. The average Bonchev–Trinajstić information content (AvgIpc) is 3.49. The smallest absolute Gasteiger partial charge is 0.216 e. The molecule has 0 saturated carbocycles. The number of rotatable bonds is 3. The van der Waals surface area contributed by atoms with E-state index in [1.807, 2.05) is 91.0 Å². The summed E-state index contributed by atoms with van der Waals surface area (Å²) >= 11 is 0. The summed E-state index contributed by atoms with van der Waals surface area (Å²) in [7, 11) is 0. The van der Waals surface area contributed by atoms with Gasteiger partial charge in [-0.2, -0.15) is 0 Å². The van der Waals surface area contributed by atoms with Crippen LogP contribution in [0.4, 0.5) is 0 Å². The first-order valence-corrected chi connectivity index (χ1v) is 16.3. The van der Waals surface area contributed by atoms with Crippen LogP contribution < -0.4 is 0 Å². The van der Waals surface area contributed by atoms with Crippen LogP contribution in [0.2, 0.25) is 0 Å². The second-order valence-electron chi connectivity index (χ2n) is 14.0. The topological polar surface area (TPSA) is 90.5 Å². The van der Waals surface area contributed by atoms with E-state index < -0.39 is 0 Å². The van der Waals surface area contributed by atoms with Gasteiger partial charge in [0.05, 0.1) is 11.1 Å². The zero-order valence-corrected chi connectivity index (χ0v) is 31.2. The fraction of sp³-hybridized carbons (Fsp3) is 0.190. The first-order valence-electron chi connectivity index (χ1n) is 16.3. The zero-order chi connectivity index (χ0) is 34.2. The van der Waals surface area contributed by atoms with Gasteiger partial charge in [-0.1, -0.05) is 102 Å². The molecule has 8 heteroatoms. The third-order valence-electron chi connectivity index (χ3n) is 8.00. The molecule has 0 aliphatic carbocycles. The number of fused-ring (bicyclic) bond motifs is 4. The van der Waals surface area contributed by atoms with Crippen LogP contribution in [0.15, 0.2) is 114 Å². The SMILES string of the molecule is CC(C)(C)c1nc(-c2ccc3c(n2)oc2cc(-c4ccc5ccccc5n4)[c-]cc23)nc(C(C)(C)C)n1.[Ir].[c-]1ccccc1-c1ccccn1. The molecule has 8 rings (SSSR count). The van der Waals surface area contributed by atoms with E-state index in [0.29, 0.717) is 17.2 Å². The molecule has 0 amide bonds. The molecule has 0 bridgehead atoms. The molecule has 0 spiro atoms. The normalized spacial score (nSPS) is 11.6. The molecule has 3 aromatic carbocycles. The van der Waals surface area contributed by atoms with Gasteiger partial charge in [-0.25, -0.2) is 19.9 Å². The van der Waals surface area contributed by atoms with Crippen molar-refractivity contribution in [3.05, 3.63) is 133 Å². The van der Waals surface area contributed by atoms with Crippen molar-refractivity contribution in [1.29, 1.82) is 0 Å². The van der Waals surface area contributed by atoms with E-state index in [1.54, 1.807) is 6.20 Å². The fourth-order valence-electron chi connectivity index (χ4n) is 5.32. The molecule has 7 nitrogen and oxygen atoms in total. The Labute approximate surface area is 305 Å². The Hall–Kier alpha value is -5.17. The molecule has 1 radical (unpaired) electrons. The van der Waals surface area contributed by atoms with Crippen molar-refractivity contribution in [3.63, 3.8) is 0 Å². The van der Waals surface area contributed by atoms with Crippen LogP contribution in [0.5, 0.6) is 0 Å². The zero-order valence-electron chi connectivity index (χ0n) is 28.8. The average molecular weight is 833 g/mol. The van der Waals surface area contributed by atoms with Crippen molar-refractivity contribution in [2.24, 2.45) is 0 Å². The Balaban J connectivity index is 0.000000281. The van der Waals surface area contributed by atoms with Gasteiger partial charge in [-0.3, -0.25) is 4.98 Å². The van der Waals surface area contributed by atoms with Gasteiger partial charge in [-0.05, 0) is 35.0 Å². The number of para-hydroxylation sites is 1. The summed E-state index contributed by atoms with van der Waals surface area (Å²) < 4.78 is 6.23. The molecule has 0 aliphatic heterocycles. The van der Waals surface area contributed by atoms with Gasteiger partial charge < -0.3 is 9.40 Å². The number of hydrogen-bond donors (Lipinski definition) is 0. The van der Waals surface area contributed by atoms with Gasteiger partial charge >= 0.3 is 0 Å². The van der Waals surface area contributed by atoms with Crippen LogP contribution in [0, 0.1) is 12.1 Å². The largest absolute Gasteiger partial charge is 0.458 e. The Morgan fingerprint density at radius 2 is 1.30 bits per heavy atom. The van der Waals surface area contributed by atoms with Crippen molar-refractivity contribution in [2.45, 2.75) is 52.4 Å². The van der Waals surface area contributed by atoms with E-state index in [4.69, 9.17) is 29.3 Å². The summed E-state index contributed by atoms with van der Waals surface area (Å²) in [5.41, 5.74) is 6.19. The fourth-order valence-corrected chi connectivity index (χ4v) is 5.32. The first-order chi connectivity index (χ1) is 23.5. The minimum absolute atomic E-state index is 0. The molecule has 8 aromatic rings. The predicted octanol–water partition coefficient (Wildman–Crippen LogP) is 9.99. The van der Waals surface area contributed by atoms with E-state index in [2.05, 4.69) is 70.8 Å². The summed E-state index contributed by atoms with van der Waals surface area (Å²) in [5, 5.41) is 2.99. The molecule has 0 N–H and O–H groups in total. The summed E-state index contributed by atoms with van der Waals surface area (Å²) in [5.74, 6) is 2.05. The maximum Gasteiger partial charge on any atom is 0.216 e. The maximum atomic E-state index is 6.23. The minimum atomic E-state index is -0.218. The maximum absolute atomic E-state index is 6.23. The minimum Gasteiger partial charge on any atom is -0.458 e. The molecule has 0 saturated heterocycles. The van der Waals surface area contributed by atoms with Gasteiger partial charge in [0.25, 0.3) is 0 Å². The van der Waals surface area contributed by atoms with Gasteiger partial charge in [0.1, 0.15) is 17.3 Å². The Kier molecular flexibility index (Phi) is 9.70. The van der Waals surface area contributed by atoms with Crippen molar-refractivity contribution in [2.75, 3.05) is 0 Å². The van der Waals surface area contributed by atoms with Crippen molar-refractivity contribution >= 4 is 33.0 Å². The van der Waals surface area contributed by atoms with Crippen molar-refractivity contribution in [1.82, 2.24) is 29.9 Å². The summed E-state index contributed by atoms with van der Waals surface area (Å²) in [6.45, 7) is 12.6. The monoisotopic (exact) mass is 833 g/mol. The van der Waals surface area contributed by atoms with E-state index >= 15 is 0 Å². The van der Waals surface area contributed by atoms with Gasteiger partial charge in [-0.15, -0.1) is 53.6 Å². The van der Waals surface area contributed by atoms with E-state index in [9.17, 15) is 0 Å². The molecule has 251 valence electrons. The summed E-state index contributed by atoms with van der Waals surface area (Å²) in [4.78, 5) is 28.2. The van der Waals surface area contributed by atoms with Crippen LogP contribution >= 0.6 is 0 Å². The second kappa shape index (κ2) is 14.0. The summed E-state index contributed by atoms with van der Waals surface area (Å²) in [6, 6.07) is 40.3. The molecule has 5 heterocycles. The van der Waals surface area contributed by atoms with Gasteiger partial charge in [0, 0.05) is 42.5 Å². The number of pyridine rings is 3. The number of furan rings is 1. The molecule has 5 aromatic heterocycles. The second-order valence-corrected chi connectivity index (χ2v) is 14.0. The van der Waals surface area contributed by atoms with E-state index in [-0.39, 0.29) is 30.9 Å². The molecule has 50 heavy (non-hydrogen) atoms. The van der Waals surface area contributed by atoms with Crippen molar-refractivity contribution in [3.8, 4) is 34.0 Å². The van der Waals surface area contributed by atoms with Crippen LogP contribution in [-0.4, -0.2) is 29.9 Å². The number of aromatic nitrogens is 6. The van der Waals surface area contributed by atoms with Crippen LogP contribution in [0.3, 0.4) is 0 Å². The molecule has 0 unspecified atom stereocenters. The molecule has 0 fully saturated rings. The number of nitrogens with zero attached hydrogens (tertiary/aromatic N) is 6. The standard InChI is InChI=1S/C31H28N5O.C11H8N.Ir/c1-30(2,3)28-34-26(35-29(36-28)31(4,5)6)24-16-14-21-20-13-11-19(17-25(20)37-27(21)33-24)23-15-12-18-9-7-8-10-22(18)32-23;1-2-6-10(7-3-1)11-8-4-5-9-12-11;/h7-10,12-17H,1-6H3;1-6,8-9H;/q2*-1;. The third-order valence-corrected chi connectivity index (χ3v) is 8.00. The number of benzene rings is 3. The Morgan fingerprint density at radius 3 is 2.00 bits per heavy atom. The third kappa shape index (κ3) is 7.37. The molecular formula is C42H36IrN6O-2. The Morgan fingerprint density at radius 1 is 0.580 bits per heavy atom. The summed E-state index contributed by atoms with van der Waals surface area (Å²) in [6.07, 6.45) is 1.79. The van der Waals surface area contributed by atoms with Crippen LogP contribution in [0.25, 0.3) is 67.0 Å². The van der Waals surface area contributed by atoms with Crippen LogP contribution in [0.1, 0.15) is 53.2 Å². The van der Waals surface area contributed by atoms with Crippen molar-refractivity contribution < 1.29 is 24.5 Å². The van der Waals surface area contributed by atoms with Gasteiger partial charge in [0.15, 0.2) is 5.82 Å².